The van der Waals surface area contributed by atoms with Crippen LogP contribution in [0.3, 0.4) is 0 Å². The van der Waals surface area contributed by atoms with E-state index in [1.165, 1.54) is 0 Å². The maximum atomic E-state index is 11.8. The number of amides is 1. The Kier molecular flexibility index (Phi) is 3.89. The monoisotopic (exact) mass is 199 g/mol. The van der Waals surface area contributed by atoms with Crippen molar-refractivity contribution in [3.63, 3.8) is 0 Å². The van der Waals surface area contributed by atoms with E-state index in [1.807, 2.05) is 4.90 Å². The third kappa shape index (κ3) is 2.45. The number of carbonyl (C=O) groups is 1. The van der Waals surface area contributed by atoms with Crippen molar-refractivity contribution in [3.8, 4) is 0 Å². The van der Waals surface area contributed by atoms with Crippen LogP contribution in [-0.4, -0.2) is 54.0 Å². The van der Waals surface area contributed by atoms with Crippen molar-refractivity contribution in [3.05, 3.63) is 0 Å². The molecule has 1 heterocycles. The van der Waals surface area contributed by atoms with Gasteiger partial charge < -0.3 is 10.6 Å². The molecular weight excluding hydrogens is 178 g/mol. The number of piperazine rings is 1. The average molecular weight is 199 g/mol. The molecule has 1 rings (SSSR count). The Morgan fingerprint density at radius 2 is 2.21 bits per heavy atom. The Balaban J connectivity index is 2.58. The molecule has 1 aliphatic heterocycles. The first-order valence-electron chi connectivity index (χ1n) is 5.29. The summed E-state index contributed by atoms with van der Waals surface area (Å²) in [5, 5.41) is 0. The highest BCUT2D eigenvalue weighted by Crippen LogP contribution is 2.13. The summed E-state index contributed by atoms with van der Waals surface area (Å²) in [4.78, 5) is 15.9. The molecule has 0 spiro atoms. The van der Waals surface area contributed by atoms with Gasteiger partial charge in [-0.3, -0.25) is 9.69 Å². The summed E-state index contributed by atoms with van der Waals surface area (Å²) in [5.41, 5.74) is 5.48. The van der Waals surface area contributed by atoms with Gasteiger partial charge in [0, 0.05) is 31.7 Å². The standard InChI is InChI=1S/C10H21N3O/c1-8(2)13-9(3)6-12(5-4-11)7-10(13)14/h8-9H,4-7,11H2,1-3H3. The molecule has 0 aromatic carbocycles. The van der Waals surface area contributed by atoms with Gasteiger partial charge in [-0.2, -0.15) is 0 Å². The molecular formula is C10H21N3O. The van der Waals surface area contributed by atoms with Crippen LogP contribution >= 0.6 is 0 Å². The van der Waals surface area contributed by atoms with Crippen LogP contribution in [0.2, 0.25) is 0 Å². The second-order valence-electron chi connectivity index (χ2n) is 4.27. The Morgan fingerprint density at radius 3 is 2.64 bits per heavy atom. The summed E-state index contributed by atoms with van der Waals surface area (Å²) >= 11 is 0. The molecule has 14 heavy (non-hydrogen) atoms. The zero-order valence-electron chi connectivity index (χ0n) is 9.36. The van der Waals surface area contributed by atoms with Crippen molar-refractivity contribution in [2.75, 3.05) is 26.2 Å². The lowest BCUT2D eigenvalue weighted by Gasteiger charge is -2.41. The van der Waals surface area contributed by atoms with Crippen molar-refractivity contribution in [2.24, 2.45) is 5.73 Å². The van der Waals surface area contributed by atoms with Crippen LogP contribution in [-0.2, 0) is 4.79 Å². The van der Waals surface area contributed by atoms with Gasteiger partial charge >= 0.3 is 0 Å². The maximum absolute atomic E-state index is 11.8. The molecule has 82 valence electrons. The van der Waals surface area contributed by atoms with Crippen LogP contribution < -0.4 is 5.73 Å². The predicted octanol–water partition coefficient (Wildman–Crippen LogP) is -0.114. The minimum absolute atomic E-state index is 0.229. The van der Waals surface area contributed by atoms with E-state index in [-0.39, 0.29) is 5.91 Å². The van der Waals surface area contributed by atoms with Crippen LogP contribution in [0, 0.1) is 0 Å². The average Bonchev–Trinajstić information content (AvgIpc) is 2.01. The molecule has 0 saturated carbocycles. The van der Waals surface area contributed by atoms with Crippen molar-refractivity contribution in [1.29, 1.82) is 0 Å². The number of rotatable bonds is 3. The fourth-order valence-corrected chi connectivity index (χ4v) is 2.19. The largest absolute Gasteiger partial charge is 0.335 e. The molecule has 1 fully saturated rings. The highest BCUT2D eigenvalue weighted by Gasteiger charge is 2.30. The SMILES string of the molecule is CC(C)N1C(=O)CN(CCN)CC1C. The van der Waals surface area contributed by atoms with E-state index < -0.39 is 0 Å². The van der Waals surface area contributed by atoms with E-state index in [0.717, 1.165) is 13.1 Å². The summed E-state index contributed by atoms with van der Waals surface area (Å²) in [7, 11) is 0. The van der Waals surface area contributed by atoms with Crippen molar-refractivity contribution in [1.82, 2.24) is 9.80 Å². The summed E-state index contributed by atoms with van der Waals surface area (Å²) in [6.07, 6.45) is 0. The van der Waals surface area contributed by atoms with Gasteiger partial charge in [-0.1, -0.05) is 0 Å². The van der Waals surface area contributed by atoms with Gasteiger partial charge in [0.05, 0.1) is 6.54 Å². The van der Waals surface area contributed by atoms with Crippen LogP contribution in [0.4, 0.5) is 0 Å². The Labute approximate surface area is 86.0 Å². The van der Waals surface area contributed by atoms with Crippen molar-refractivity contribution >= 4 is 5.91 Å². The van der Waals surface area contributed by atoms with Gasteiger partial charge in [-0.25, -0.2) is 0 Å². The van der Waals surface area contributed by atoms with Crippen LogP contribution in [0.15, 0.2) is 0 Å². The van der Waals surface area contributed by atoms with Gasteiger partial charge in [0.1, 0.15) is 0 Å². The van der Waals surface area contributed by atoms with Crippen LogP contribution in [0.25, 0.3) is 0 Å². The van der Waals surface area contributed by atoms with E-state index in [2.05, 4.69) is 25.7 Å². The first-order valence-corrected chi connectivity index (χ1v) is 5.29. The molecule has 1 atom stereocenters. The minimum atomic E-state index is 0.229. The number of hydrogen-bond acceptors (Lipinski definition) is 3. The molecule has 0 aliphatic carbocycles. The number of hydrogen-bond donors (Lipinski definition) is 1. The molecule has 0 aromatic heterocycles. The molecule has 0 bridgehead atoms. The zero-order chi connectivity index (χ0) is 10.7. The summed E-state index contributed by atoms with van der Waals surface area (Å²) in [6.45, 7) is 9.14. The first-order chi connectivity index (χ1) is 6.56. The Hall–Kier alpha value is -0.610. The van der Waals surface area contributed by atoms with Crippen molar-refractivity contribution < 1.29 is 4.79 Å². The number of nitrogens with two attached hydrogens (primary N) is 1. The molecule has 1 saturated heterocycles. The quantitative estimate of drug-likeness (QED) is 0.690. The lowest BCUT2D eigenvalue weighted by atomic mass is 10.1. The molecule has 1 amide bonds. The minimum Gasteiger partial charge on any atom is -0.335 e. The van der Waals surface area contributed by atoms with E-state index in [1.54, 1.807) is 0 Å². The van der Waals surface area contributed by atoms with E-state index >= 15 is 0 Å². The summed E-state index contributed by atoms with van der Waals surface area (Å²) in [5.74, 6) is 0.229. The third-order valence-corrected chi connectivity index (χ3v) is 2.65. The van der Waals surface area contributed by atoms with Crippen molar-refractivity contribution in [2.45, 2.75) is 32.9 Å². The fraction of sp³-hybridized carbons (Fsp3) is 0.900. The lowest BCUT2D eigenvalue weighted by molar-refractivity contribution is -0.141. The smallest absolute Gasteiger partial charge is 0.237 e. The van der Waals surface area contributed by atoms with E-state index in [9.17, 15) is 4.79 Å². The van der Waals surface area contributed by atoms with E-state index in [0.29, 0.717) is 25.2 Å². The highest BCUT2D eigenvalue weighted by molar-refractivity contribution is 5.79. The molecule has 0 aromatic rings. The third-order valence-electron chi connectivity index (χ3n) is 2.65. The topological polar surface area (TPSA) is 49.6 Å². The molecule has 2 N–H and O–H groups in total. The Bertz CT molecular complexity index is 206. The van der Waals surface area contributed by atoms with E-state index in [4.69, 9.17) is 5.73 Å². The second kappa shape index (κ2) is 4.75. The van der Waals surface area contributed by atoms with Crippen LogP contribution in [0.1, 0.15) is 20.8 Å². The lowest BCUT2D eigenvalue weighted by Crippen LogP contribution is -2.58. The fourth-order valence-electron chi connectivity index (χ4n) is 2.19. The molecule has 0 radical (unpaired) electrons. The Morgan fingerprint density at radius 1 is 1.57 bits per heavy atom. The summed E-state index contributed by atoms with van der Waals surface area (Å²) < 4.78 is 0. The normalized spacial score (nSPS) is 24.8. The van der Waals surface area contributed by atoms with Gasteiger partial charge in [-0.15, -0.1) is 0 Å². The first kappa shape index (κ1) is 11.5. The number of nitrogens with zero attached hydrogens (tertiary/aromatic N) is 2. The van der Waals surface area contributed by atoms with Gasteiger partial charge in [-0.05, 0) is 20.8 Å². The molecule has 1 aliphatic rings. The maximum Gasteiger partial charge on any atom is 0.237 e. The predicted molar refractivity (Wildman–Crippen MR) is 56.9 cm³/mol. The van der Waals surface area contributed by atoms with Gasteiger partial charge in [0.2, 0.25) is 5.91 Å². The molecule has 4 nitrogen and oxygen atoms in total. The molecule has 1 unspecified atom stereocenters. The molecule has 4 heteroatoms. The van der Waals surface area contributed by atoms with Gasteiger partial charge in [0.25, 0.3) is 0 Å². The summed E-state index contributed by atoms with van der Waals surface area (Å²) in [6, 6.07) is 0.611. The second-order valence-corrected chi connectivity index (χ2v) is 4.27. The van der Waals surface area contributed by atoms with Gasteiger partial charge in [0.15, 0.2) is 0 Å². The highest BCUT2D eigenvalue weighted by atomic mass is 16.2. The number of carbonyl (C=O) groups excluding carboxylic acids is 1. The zero-order valence-corrected chi connectivity index (χ0v) is 9.36. The van der Waals surface area contributed by atoms with Crippen LogP contribution in [0.5, 0.6) is 0 Å².